The third-order valence-electron chi connectivity index (χ3n) is 4.57. The van der Waals surface area contributed by atoms with Gasteiger partial charge in [0.1, 0.15) is 0 Å². The maximum atomic E-state index is 12.4. The first kappa shape index (κ1) is 16.1. The largest absolute Gasteiger partial charge is 0.349 e. The molecule has 2 aromatic rings. The van der Waals surface area contributed by atoms with Crippen molar-refractivity contribution in [2.75, 3.05) is 0 Å². The lowest BCUT2D eigenvalue weighted by Gasteiger charge is -2.29. The molecule has 3 rings (SSSR count). The van der Waals surface area contributed by atoms with Crippen LogP contribution in [0.5, 0.6) is 0 Å². The number of hydrogen-bond acceptors (Lipinski definition) is 2. The van der Waals surface area contributed by atoms with Gasteiger partial charge in [-0.3, -0.25) is 9.48 Å². The molecule has 0 radical (unpaired) electrons. The monoisotopic (exact) mass is 331 g/mol. The minimum atomic E-state index is -0.00227. The second-order valence-electron chi connectivity index (χ2n) is 6.44. The van der Waals surface area contributed by atoms with Crippen molar-refractivity contribution in [1.82, 2.24) is 15.1 Å². The van der Waals surface area contributed by atoms with Crippen molar-refractivity contribution < 1.29 is 4.79 Å². The summed E-state index contributed by atoms with van der Waals surface area (Å²) in [6.45, 7) is 3.97. The fourth-order valence-electron chi connectivity index (χ4n) is 3.26. The smallest absolute Gasteiger partial charge is 0.251 e. The third-order valence-corrected chi connectivity index (χ3v) is 4.80. The van der Waals surface area contributed by atoms with Gasteiger partial charge < -0.3 is 5.32 Å². The SMILES string of the molecule is Cc1cnn(C2CCC(NC(=O)c3ccc(Cl)cc3C)CC2)c1. The van der Waals surface area contributed by atoms with E-state index < -0.39 is 0 Å². The van der Waals surface area contributed by atoms with E-state index in [-0.39, 0.29) is 11.9 Å². The molecule has 4 nitrogen and oxygen atoms in total. The number of aryl methyl sites for hydroxylation is 2. The Morgan fingerprint density at radius 3 is 2.61 bits per heavy atom. The van der Waals surface area contributed by atoms with Crippen LogP contribution in [0.15, 0.2) is 30.6 Å². The maximum Gasteiger partial charge on any atom is 0.251 e. The average Bonchev–Trinajstić information content (AvgIpc) is 2.94. The standard InChI is InChI=1S/C18H22ClN3O/c1-12-10-20-22(11-12)16-6-4-15(5-7-16)21-18(23)17-8-3-14(19)9-13(17)2/h3,8-11,15-16H,4-7H2,1-2H3,(H,21,23). The molecule has 1 aromatic carbocycles. The van der Waals surface area contributed by atoms with E-state index in [1.807, 2.05) is 19.2 Å². The molecule has 5 heteroatoms. The Labute approximate surface area is 141 Å². The van der Waals surface area contributed by atoms with Crippen LogP contribution < -0.4 is 5.32 Å². The van der Waals surface area contributed by atoms with Crippen molar-refractivity contribution >= 4 is 17.5 Å². The van der Waals surface area contributed by atoms with Crippen LogP contribution in [-0.4, -0.2) is 21.7 Å². The molecule has 1 saturated carbocycles. The highest BCUT2D eigenvalue weighted by Crippen LogP contribution is 2.28. The van der Waals surface area contributed by atoms with Gasteiger partial charge >= 0.3 is 0 Å². The van der Waals surface area contributed by atoms with Crippen LogP contribution >= 0.6 is 11.6 Å². The van der Waals surface area contributed by atoms with Gasteiger partial charge in [0.25, 0.3) is 5.91 Å². The summed E-state index contributed by atoms with van der Waals surface area (Å²) in [6.07, 6.45) is 8.07. The minimum Gasteiger partial charge on any atom is -0.349 e. The highest BCUT2D eigenvalue weighted by Gasteiger charge is 2.24. The van der Waals surface area contributed by atoms with Crippen LogP contribution in [0, 0.1) is 13.8 Å². The summed E-state index contributed by atoms with van der Waals surface area (Å²) in [5.41, 5.74) is 2.81. The Morgan fingerprint density at radius 1 is 1.26 bits per heavy atom. The van der Waals surface area contributed by atoms with Gasteiger partial charge in [-0.05, 0) is 68.9 Å². The van der Waals surface area contributed by atoms with Crippen LogP contribution in [0.1, 0.15) is 53.2 Å². The summed E-state index contributed by atoms with van der Waals surface area (Å²) in [6, 6.07) is 6.08. The highest BCUT2D eigenvalue weighted by molar-refractivity contribution is 6.30. The summed E-state index contributed by atoms with van der Waals surface area (Å²) in [5.74, 6) is -0.00227. The molecule has 1 amide bonds. The topological polar surface area (TPSA) is 46.9 Å². The van der Waals surface area contributed by atoms with E-state index in [2.05, 4.69) is 28.2 Å². The first-order valence-corrected chi connectivity index (χ1v) is 8.48. The third kappa shape index (κ3) is 3.75. The normalized spacial score (nSPS) is 21.2. The van der Waals surface area contributed by atoms with Gasteiger partial charge in [0.05, 0.1) is 12.2 Å². The van der Waals surface area contributed by atoms with Crippen molar-refractivity contribution in [1.29, 1.82) is 0 Å². The molecule has 1 aromatic heterocycles. The number of benzene rings is 1. The van der Waals surface area contributed by atoms with Gasteiger partial charge in [0.15, 0.2) is 0 Å². The summed E-state index contributed by atoms with van der Waals surface area (Å²) >= 11 is 5.95. The minimum absolute atomic E-state index is 0.00227. The Balaban J connectivity index is 1.57. The first-order chi connectivity index (χ1) is 11.0. The Bertz CT molecular complexity index is 702. The zero-order chi connectivity index (χ0) is 16.4. The Hall–Kier alpha value is -1.81. The van der Waals surface area contributed by atoms with Crippen LogP contribution in [0.2, 0.25) is 5.02 Å². The molecule has 1 fully saturated rings. The van der Waals surface area contributed by atoms with E-state index in [0.29, 0.717) is 16.6 Å². The number of aromatic nitrogens is 2. The summed E-state index contributed by atoms with van der Waals surface area (Å²) in [7, 11) is 0. The fraction of sp³-hybridized carbons (Fsp3) is 0.444. The van der Waals surface area contributed by atoms with Gasteiger partial charge in [-0.2, -0.15) is 5.10 Å². The van der Waals surface area contributed by atoms with Crippen LogP contribution in [-0.2, 0) is 0 Å². The fourth-order valence-corrected chi connectivity index (χ4v) is 3.49. The van der Waals surface area contributed by atoms with Crippen LogP contribution in [0.3, 0.4) is 0 Å². The molecule has 1 N–H and O–H groups in total. The molecule has 23 heavy (non-hydrogen) atoms. The second kappa shape index (κ2) is 6.75. The van der Waals surface area contributed by atoms with E-state index in [4.69, 9.17) is 11.6 Å². The Kier molecular flexibility index (Phi) is 4.71. The van der Waals surface area contributed by atoms with Crippen molar-refractivity contribution in [2.45, 2.75) is 51.6 Å². The van der Waals surface area contributed by atoms with E-state index in [0.717, 1.165) is 31.2 Å². The molecule has 1 aliphatic rings. The molecule has 122 valence electrons. The average molecular weight is 332 g/mol. The lowest BCUT2D eigenvalue weighted by atomic mass is 9.91. The molecule has 0 unspecified atom stereocenters. The summed E-state index contributed by atoms with van der Waals surface area (Å²) in [4.78, 5) is 12.4. The number of nitrogens with zero attached hydrogens (tertiary/aromatic N) is 2. The first-order valence-electron chi connectivity index (χ1n) is 8.10. The predicted octanol–water partition coefficient (Wildman–Crippen LogP) is 4.07. The summed E-state index contributed by atoms with van der Waals surface area (Å²) < 4.78 is 2.07. The van der Waals surface area contributed by atoms with Crippen LogP contribution in [0.4, 0.5) is 0 Å². The molecule has 0 bridgehead atoms. The second-order valence-corrected chi connectivity index (χ2v) is 6.87. The van der Waals surface area contributed by atoms with Crippen LogP contribution in [0.25, 0.3) is 0 Å². The number of hydrogen-bond donors (Lipinski definition) is 1. The molecular formula is C18H22ClN3O. The van der Waals surface area contributed by atoms with E-state index in [9.17, 15) is 4.79 Å². The molecule has 1 heterocycles. The maximum absolute atomic E-state index is 12.4. The van der Waals surface area contributed by atoms with Gasteiger partial charge in [-0.25, -0.2) is 0 Å². The van der Waals surface area contributed by atoms with E-state index in [1.165, 1.54) is 5.56 Å². The van der Waals surface area contributed by atoms with Crippen molar-refractivity contribution in [3.63, 3.8) is 0 Å². The quantitative estimate of drug-likeness (QED) is 0.921. The van der Waals surface area contributed by atoms with Crippen molar-refractivity contribution in [3.8, 4) is 0 Å². The molecule has 0 aliphatic heterocycles. The number of rotatable bonds is 3. The molecule has 0 atom stereocenters. The van der Waals surface area contributed by atoms with Gasteiger partial charge in [-0.15, -0.1) is 0 Å². The molecule has 1 aliphatic carbocycles. The predicted molar refractivity (Wildman–Crippen MR) is 91.9 cm³/mol. The summed E-state index contributed by atoms with van der Waals surface area (Å²) in [5, 5.41) is 8.23. The van der Waals surface area contributed by atoms with E-state index in [1.54, 1.807) is 12.1 Å². The lowest BCUT2D eigenvalue weighted by molar-refractivity contribution is 0.0921. The number of halogens is 1. The molecule has 0 saturated heterocycles. The number of carbonyl (C=O) groups excluding carboxylic acids is 1. The van der Waals surface area contributed by atoms with Gasteiger partial charge in [0, 0.05) is 22.8 Å². The van der Waals surface area contributed by atoms with Gasteiger partial charge in [-0.1, -0.05) is 11.6 Å². The molecule has 0 spiro atoms. The number of carbonyl (C=O) groups is 1. The zero-order valence-electron chi connectivity index (χ0n) is 13.6. The number of amides is 1. The zero-order valence-corrected chi connectivity index (χ0v) is 14.3. The van der Waals surface area contributed by atoms with Crippen molar-refractivity contribution in [3.05, 3.63) is 52.3 Å². The number of nitrogens with one attached hydrogen (secondary N) is 1. The lowest BCUT2D eigenvalue weighted by Crippen LogP contribution is -2.38. The Morgan fingerprint density at radius 2 is 2.00 bits per heavy atom. The highest BCUT2D eigenvalue weighted by atomic mass is 35.5. The van der Waals surface area contributed by atoms with E-state index >= 15 is 0 Å². The van der Waals surface area contributed by atoms with Gasteiger partial charge in [0.2, 0.25) is 0 Å². The van der Waals surface area contributed by atoms with Crippen molar-refractivity contribution in [2.24, 2.45) is 0 Å². The molecular weight excluding hydrogens is 310 g/mol.